The van der Waals surface area contributed by atoms with Crippen LogP contribution in [0.25, 0.3) is 0 Å². The van der Waals surface area contributed by atoms with E-state index >= 15 is 0 Å². The Morgan fingerprint density at radius 1 is 1.18 bits per heavy atom. The highest BCUT2D eigenvalue weighted by molar-refractivity contribution is 9.10. The summed E-state index contributed by atoms with van der Waals surface area (Å²) >= 11 is 3.42. The largest absolute Gasteiger partial charge is 0.481 e. The molecule has 0 fully saturated rings. The maximum absolute atomic E-state index is 12.4. The molecule has 0 saturated carbocycles. The second kappa shape index (κ2) is 7.45. The van der Waals surface area contributed by atoms with Gasteiger partial charge in [-0.25, -0.2) is 0 Å². The third kappa shape index (κ3) is 4.10. The summed E-state index contributed by atoms with van der Waals surface area (Å²) in [6, 6.07) is 13.4. The number of benzene rings is 2. The fraction of sp³-hybridized carbons (Fsp3) is 0.278. The molecule has 0 saturated heterocycles. The molecule has 4 heteroatoms. The van der Waals surface area contributed by atoms with Crippen molar-refractivity contribution in [1.82, 2.24) is 0 Å². The summed E-state index contributed by atoms with van der Waals surface area (Å²) < 4.78 is 6.70. The molecule has 0 bridgehead atoms. The number of amides is 1. The topological polar surface area (TPSA) is 38.3 Å². The van der Waals surface area contributed by atoms with Crippen LogP contribution in [0.1, 0.15) is 24.5 Å². The Hall–Kier alpha value is -1.81. The van der Waals surface area contributed by atoms with E-state index in [-0.39, 0.29) is 5.91 Å². The standard InChI is InChI=1S/C18H20BrNO2/c1-4-17(22-14-10-9-12(2)13(3)11-14)18(21)20-16-8-6-5-7-15(16)19/h5-11,17H,4H2,1-3H3,(H,20,21)/t17-/m1/s1. The van der Waals surface area contributed by atoms with Crippen molar-refractivity contribution in [2.45, 2.75) is 33.3 Å². The van der Waals surface area contributed by atoms with E-state index in [4.69, 9.17) is 4.74 Å². The van der Waals surface area contributed by atoms with Gasteiger partial charge in [0.15, 0.2) is 6.10 Å². The van der Waals surface area contributed by atoms with E-state index in [1.165, 1.54) is 5.56 Å². The fourth-order valence-electron chi connectivity index (χ4n) is 2.05. The lowest BCUT2D eigenvalue weighted by Gasteiger charge is -2.18. The quantitative estimate of drug-likeness (QED) is 0.825. The number of ether oxygens (including phenoxy) is 1. The number of aryl methyl sites for hydroxylation is 2. The molecule has 1 N–H and O–H groups in total. The first kappa shape index (κ1) is 16.6. The summed E-state index contributed by atoms with van der Waals surface area (Å²) in [4.78, 5) is 12.4. The monoisotopic (exact) mass is 361 g/mol. The van der Waals surface area contributed by atoms with Gasteiger partial charge in [0.25, 0.3) is 5.91 Å². The molecular formula is C18H20BrNO2. The highest BCUT2D eigenvalue weighted by Crippen LogP contribution is 2.23. The number of carbonyl (C=O) groups is 1. The van der Waals surface area contributed by atoms with Crippen molar-refractivity contribution >= 4 is 27.5 Å². The molecule has 0 unspecified atom stereocenters. The summed E-state index contributed by atoms with van der Waals surface area (Å²) in [6.07, 6.45) is 0.0812. The van der Waals surface area contributed by atoms with Crippen LogP contribution in [0.15, 0.2) is 46.9 Å². The van der Waals surface area contributed by atoms with Crippen molar-refractivity contribution < 1.29 is 9.53 Å². The van der Waals surface area contributed by atoms with Crippen LogP contribution in [0.2, 0.25) is 0 Å². The van der Waals surface area contributed by atoms with Crippen LogP contribution >= 0.6 is 15.9 Å². The Balaban J connectivity index is 2.09. The number of hydrogen-bond acceptors (Lipinski definition) is 2. The zero-order valence-corrected chi connectivity index (χ0v) is 14.6. The highest BCUT2D eigenvalue weighted by Gasteiger charge is 2.19. The Morgan fingerprint density at radius 3 is 2.55 bits per heavy atom. The third-order valence-electron chi connectivity index (χ3n) is 3.55. The molecule has 1 amide bonds. The molecule has 2 aromatic rings. The Kier molecular flexibility index (Phi) is 5.61. The SMILES string of the molecule is CC[C@@H](Oc1ccc(C)c(C)c1)C(=O)Nc1ccccc1Br. The maximum atomic E-state index is 12.4. The smallest absolute Gasteiger partial charge is 0.265 e. The number of hydrogen-bond donors (Lipinski definition) is 1. The van der Waals surface area contributed by atoms with Crippen molar-refractivity contribution in [3.05, 3.63) is 58.1 Å². The lowest BCUT2D eigenvalue weighted by Crippen LogP contribution is -2.32. The summed E-state index contributed by atoms with van der Waals surface area (Å²) in [5.74, 6) is 0.574. The normalized spacial score (nSPS) is 11.8. The molecule has 0 aromatic heterocycles. The van der Waals surface area contributed by atoms with Gasteiger partial charge in [0.1, 0.15) is 5.75 Å². The molecule has 1 atom stereocenters. The van der Waals surface area contributed by atoms with E-state index in [9.17, 15) is 4.79 Å². The predicted octanol–water partition coefficient (Wildman–Crippen LogP) is 4.86. The molecule has 22 heavy (non-hydrogen) atoms. The number of carbonyl (C=O) groups excluding carboxylic acids is 1. The van der Waals surface area contributed by atoms with Gasteiger partial charge in [-0.05, 0) is 71.6 Å². The van der Waals surface area contributed by atoms with Gasteiger partial charge >= 0.3 is 0 Å². The summed E-state index contributed by atoms with van der Waals surface area (Å²) in [6.45, 7) is 6.02. The molecule has 0 heterocycles. The molecule has 2 aromatic carbocycles. The van der Waals surface area contributed by atoms with Crippen LogP contribution in [0.5, 0.6) is 5.75 Å². The second-order valence-corrected chi connectivity index (χ2v) is 6.08. The van der Waals surface area contributed by atoms with E-state index in [2.05, 4.69) is 28.2 Å². The summed E-state index contributed by atoms with van der Waals surface area (Å²) in [5.41, 5.74) is 3.10. The van der Waals surface area contributed by atoms with Crippen LogP contribution in [-0.2, 0) is 4.79 Å². The second-order valence-electron chi connectivity index (χ2n) is 5.23. The van der Waals surface area contributed by atoms with E-state index in [0.717, 1.165) is 21.5 Å². The first-order valence-electron chi connectivity index (χ1n) is 7.30. The highest BCUT2D eigenvalue weighted by atomic mass is 79.9. The Morgan fingerprint density at radius 2 is 1.91 bits per heavy atom. The first-order chi connectivity index (χ1) is 10.5. The van der Waals surface area contributed by atoms with Crippen molar-refractivity contribution in [1.29, 1.82) is 0 Å². The van der Waals surface area contributed by atoms with Crippen molar-refractivity contribution in [2.24, 2.45) is 0 Å². The fourth-order valence-corrected chi connectivity index (χ4v) is 2.43. The van der Waals surface area contributed by atoms with Crippen LogP contribution < -0.4 is 10.1 Å². The predicted molar refractivity (Wildman–Crippen MR) is 93.4 cm³/mol. The molecule has 0 radical (unpaired) electrons. The van der Waals surface area contributed by atoms with Gasteiger partial charge in [0.05, 0.1) is 5.69 Å². The zero-order chi connectivity index (χ0) is 16.1. The number of nitrogens with one attached hydrogen (secondary N) is 1. The number of halogens is 1. The van der Waals surface area contributed by atoms with Crippen molar-refractivity contribution in [2.75, 3.05) is 5.32 Å². The van der Waals surface area contributed by atoms with E-state index in [1.54, 1.807) is 0 Å². The molecule has 0 spiro atoms. The maximum Gasteiger partial charge on any atom is 0.265 e. The third-order valence-corrected chi connectivity index (χ3v) is 4.24. The van der Waals surface area contributed by atoms with Crippen LogP contribution in [0.3, 0.4) is 0 Å². The van der Waals surface area contributed by atoms with Crippen molar-refractivity contribution in [3.8, 4) is 5.75 Å². The average Bonchev–Trinajstić information content (AvgIpc) is 2.50. The van der Waals surface area contributed by atoms with E-state index in [1.807, 2.05) is 56.3 Å². The van der Waals surface area contributed by atoms with E-state index < -0.39 is 6.10 Å². The molecule has 0 aliphatic rings. The Labute approximate surface area is 139 Å². The molecule has 0 aliphatic carbocycles. The van der Waals surface area contributed by atoms with Gasteiger partial charge in [-0.2, -0.15) is 0 Å². The molecule has 3 nitrogen and oxygen atoms in total. The van der Waals surface area contributed by atoms with Crippen molar-refractivity contribution in [3.63, 3.8) is 0 Å². The molecule has 2 rings (SSSR count). The van der Waals surface area contributed by atoms with Gasteiger partial charge in [-0.1, -0.05) is 25.1 Å². The van der Waals surface area contributed by atoms with Gasteiger partial charge in [0.2, 0.25) is 0 Å². The number of para-hydroxylation sites is 1. The first-order valence-corrected chi connectivity index (χ1v) is 8.10. The summed E-state index contributed by atoms with van der Waals surface area (Å²) in [5, 5.41) is 2.90. The minimum Gasteiger partial charge on any atom is -0.481 e. The molecule has 116 valence electrons. The lowest BCUT2D eigenvalue weighted by molar-refractivity contribution is -0.122. The lowest BCUT2D eigenvalue weighted by atomic mass is 10.1. The number of anilines is 1. The summed E-state index contributed by atoms with van der Waals surface area (Å²) in [7, 11) is 0. The molecule has 0 aliphatic heterocycles. The van der Waals surface area contributed by atoms with Crippen LogP contribution in [-0.4, -0.2) is 12.0 Å². The van der Waals surface area contributed by atoms with Gasteiger partial charge in [0, 0.05) is 4.47 Å². The van der Waals surface area contributed by atoms with E-state index in [0.29, 0.717) is 6.42 Å². The average molecular weight is 362 g/mol. The van der Waals surface area contributed by atoms with Crippen LogP contribution in [0.4, 0.5) is 5.69 Å². The van der Waals surface area contributed by atoms with Gasteiger partial charge in [-0.15, -0.1) is 0 Å². The minimum absolute atomic E-state index is 0.146. The van der Waals surface area contributed by atoms with Gasteiger partial charge < -0.3 is 10.1 Å². The Bertz CT molecular complexity index is 670. The zero-order valence-electron chi connectivity index (χ0n) is 13.0. The van der Waals surface area contributed by atoms with Crippen LogP contribution in [0, 0.1) is 13.8 Å². The molecular weight excluding hydrogens is 342 g/mol. The van der Waals surface area contributed by atoms with Gasteiger partial charge in [-0.3, -0.25) is 4.79 Å². The minimum atomic E-state index is -0.519. The number of rotatable bonds is 5.